The number of nitrogens with zero attached hydrogens (tertiary/aromatic N) is 1. The zero-order valence-corrected chi connectivity index (χ0v) is 12.2. The smallest absolute Gasteiger partial charge is 0.321 e. The van der Waals surface area contributed by atoms with Crippen molar-refractivity contribution in [2.24, 2.45) is 5.92 Å². The molecule has 1 fully saturated rings. The summed E-state index contributed by atoms with van der Waals surface area (Å²) in [5.74, 6) is -1.68. The summed E-state index contributed by atoms with van der Waals surface area (Å²) >= 11 is 0. The predicted molar refractivity (Wildman–Crippen MR) is 73.2 cm³/mol. The highest BCUT2D eigenvalue weighted by molar-refractivity contribution is 5.95. The SMILES string of the molecule is CC(C)(C)NC(=O)NC(=O)CN1CCCC(C(=O)O)C1. The molecule has 1 aliphatic rings. The van der Waals surface area contributed by atoms with Crippen LogP contribution in [0.2, 0.25) is 0 Å². The fourth-order valence-corrected chi connectivity index (χ4v) is 2.14. The van der Waals surface area contributed by atoms with E-state index in [0.29, 0.717) is 19.5 Å². The first kappa shape index (κ1) is 16.4. The van der Waals surface area contributed by atoms with Gasteiger partial charge in [-0.15, -0.1) is 0 Å². The monoisotopic (exact) mass is 285 g/mol. The van der Waals surface area contributed by atoms with Gasteiger partial charge in [0.25, 0.3) is 0 Å². The number of nitrogens with one attached hydrogen (secondary N) is 2. The summed E-state index contributed by atoms with van der Waals surface area (Å²) in [5, 5.41) is 13.9. The predicted octanol–water partition coefficient (Wildman–Crippen LogP) is 0.407. The summed E-state index contributed by atoms with van der Waals surface area (Å²) in [6.45, 7) is 6.53. The number of urea groups is 1. The maximum absolute atomic E-state index is 11.7. The van der Waals surface area contributed by atoms with Crippen LogP contribution in [0, 0.1) is 5.92 Å². The van der Waals surface area contributed by atoms with Crippen LogP contribution in [-0.2, 0) is 9.59 Å². The Kier molecular flexibility index (Phi) is 5.50. The molecule has 1 atom stereocenters. The van der Waals surface area contributed by atoms with E-state index in [-0.39, 0.29) is 6.54 Å². The molecular weight excluding hydrogens is 262 g/mol. The number of hydrogen-bond acceptors (Lipinski definition) is 4. The molecule has 0 bridgehead atoms. The molecule has 1 saturated heterocycles. The Balaban J connectivity index is 2.38. The van der Waals surface area contributed by atoms with Crippen molar-refractivity contribution in [1.82, 2.24) is 15.5 Å². The number of carboxylic acids is 1. The molecule has 1 unspecified atom stereocenters. The molecule has 7 heteroatoms. The second-order valence-electron chi connectivity index (χ2n) is 6.16. The average Bonchev–Trinajstić information content (AvgIpc) is 2.25. The van der Waals surface area contributed by atoms with Crippen LogP contribution in [0.1, 0.15) is 33.6 Å². The van der Waals surface area contributed by atoms with Gasteiger partial charge in [0.2, 0.25) is 5.91 Å². The number of likely N-dealkylation sites (tertiary alicyclic amines) is 1. The van der Waals surface area contributed by atoms with Crippen molar-refractivity contribution in [2.75, 3.05) is 19.6 Å². The standard InChI is InChI=1S/C13H23N3O4/c1-13(2,3)15-12(20)14-10(17)8-16-6-4-5-9(7-16)11(18)19/h9H,4-8H2,1-3H3,(H,18,19)(H2,14,15,17,20). The van der Waals surface area contributed by atoms with Gasteiger partial charge in [0.15, 0.2) is 0 Å². The number of carbonyl (C=O) groups excluding carboxylic acids is 2. The van der Waals surface area contributed by atoms with E-state index >= 15 is 0 Å². The number of imide groups is 1. The summed E-state index contributed by atoms with van der Waals surface area (Å²) in [7, 11) is 0. The van der Waals surface area contributed by atoms with E-state index in [1.165, 1.54) is 0 Å². The first-order chi connectivity index (χ1) is 9.17. The fourth-order valence-electron chi connectivity index (χ4n) is 2.14. The average molecular weight is 285 g/mol. The van der Waals surface area contributed by atoms with Gasteiger partial charge in [0.1, 0.15) is 0 Å². The molecule has 0 spiro atoms. The number of amides is 3. The van der Waals surface area contributed by atoms with Gasteiger partial charge >= 0.3 is 12.0 Å². The van der Waals surface area contributed by atoms with E-state index in [1.54, 1.807) is 4.90 Å². The molecule has 7 nitrogen and oxygen atoms in total. The lowest BCUT2D eigenvalue weighted by molar-refractivity contribution is -0.144. The number of carbonyl (C=O) groups is 3. The van der Waals surface area contributed by atoms with E-state index in [9.17, 15) is 14.4 Å². The molecule has 0 aromatic rings. The zero-order valence-electron chi connectivity index (χ0n) is 12.2. The minimum absolute atomic E-state index is 0.0430. The lowest BCUT2D eigenvalue weighted by Gasteiger charge is -2.30. The third-order valence-corrected chi connectivity index (χ3v) is 2.96. The van der Waals surface area contributed by atoms with E-state index in [4.69, 9.17) is 5.11 Å². The number of piperidine rings is 1. The summed E-state index contributed by atoms with van der Waals surface area (Å²) in [4.78, 5) is 35.9. The minimum atomic E-state index is -0.833. The number of rotatable bonds is 3. The molecule has 0 aromatic carbocycles. The van der Waals surface area contributed by atoms with Gasteiger partial charge in [0, 0.05) is 12.1 Å². The normalized spacial score (nSPS) is 20.2. The highest BCUT2D eigenvalue weighted by Gasteiger charge is 2.26. The van der Waals surface area contributed by atoms with Crippen LogP contribution in [0.15, 0.2) is 0 Å². The first-order valence-corrected chi connectivity index (χ1v) is 6.74. The van der Waals surface area contributed by atoms with Crippen molar-refractivity contribution < 1.29 is 19.5 Å². The topological polar surface area (TPSA) is 98.7 Å². The van der Waals surface area contributed by atoms with Crippen LogP contribution in [0.5, 0.6) is 0 Å². The first-order valence-electron chi connectivity index (χ1n) is 6.74. The minimum Gasteiger partial charge on any atom is -0.481 e. The lowest BCUT2D eigenvalue weighted by atomic mass is 9.98. The fraction of sp³-hybridized carbons (Fsp3) is 0.769. The van der Waals surface area contributed by atoms with Crippen LogP contribution in [-0.4, -0.2) is 53.1 Å². The lowest BCUT2D eigenvalue weighted by Crippen LogP contribution is -2.51. The molecule has 3 amide bonds. The molecule has 1 rings (SSSR count). The molecule has 1 heterocycles. The second kappa shape index (κ2) is 6.69. The van der Waals surface area contributed by atoms with E-state index < -0.39 is 29.4 Å². The number of aliphatic carboxylic acids is 1. The molecule has 114 valence electrons. The molecule has 20 heavy (non-hydrogen) atoms. The summed E-state index contributed by atoms with van der Waals surface area (Å²) < 4.78 is 0. The van der Waals surface area contributed by atoms with Crippen molar-refractivity contribution in [3.8, 4) is 0 Å². The highest BCUT2D eigenvalue weighted by Crippen LogP contribution is 2.16. The van der Waals surface area contributed by atoms with E-state index in [1.807, 2.05) is 20.8 Å². The Bertz CT molecular complexity index is 390. The van der Waals surface area contributed by atoms with Crippen LogP contribution < -0.4 is 10.6 Å². The number of hydrogen-bond donors (Lipinski definition) is 3. The summed E-state index contributed by atoms with van der Waals surface area (Å²) in [6.07, 6.45) is 1.39. The van der Waals surface area contributed by atoms with Gasteiger partial charge in [0.05, 0.1) is 12.5 Å². The number of carboxylic acid groups (broad SMARTS) is 1. The Morgan fingerprint density at radius 3 is 2.50 bits per heavy atom. The van der Waals surface area contributed by atoms with Crippen molar-refractivity contribution in [2.45, 2.75) is 39.2 Å². The van der Waals surface area contributed by atoms with E-state index in [0.717, 1.165) is 6.42 Å². The molecule has 1 aliphatic heterocycles. The maximum atomic E-state index is 11.7. The largest absolute Gasteiger partial charge is 0.481 e. The van der Waals surface area contributed by atoms with Gasteiger partial charge in [-0.25, -0.2) is 4.79 Å². The van der Waals surface area contributed by atoms with Crippen LogP contribution in [0.3, 0.4) is 0 Å². The summed E-state index contributed by atoms with van der Waals surface area (Å²) in [5.41, 5.74) is -0.413. The van der Waals surface area contributed by atoms with Gasteiger partial charge in [-0.05, 0) is 40.2 Å². The van der Waals surface area contributed by atoms with Crippen LogP contribution in [0.25, 0.3) is 0 Å². The van der Waals surface area contributed by atoms with Gasteiger partial charge in [-0.1, -0.05) is 0 Å². The van der Waals surface area contributed by atoms with Crippen LogP contribution in [0.4, 0.5) is 4.79 Å². The molecule has 3 N–H and O–H groups in total. The molecule has 0 radical (unpaired) electrons. The van der Waals surface area contributed by atoms with Crippen molar-refractivity contribution in [1.29, 1.82) is 0 Å². The van der Waals surface area contributed by atoms with Crippen molar-refractivity contribution >= 4 is 17.9 Å². The van der Waals surface area contributed by atoms with Crippen molar-refractivity contribution in [3.63, 3.8) is 0 Å². The van der Waals surface area contributed by atoms with Gasteiger partial charge in [-0.3, -0.25) is 19.8 Å². The molecule has 0 aliphatic carbocycles. The molecular formula is C13H23N3O4. The zero-order chi connectivity index (χ0) is 15.3. The molecule has 0 aromatic heterocycles. The third-order valence-electron chi connectivity index (χ3n) is 2.96. The maximum Gasteiger partial charge on any atom is 0.321 e. The highest BCUT2D eigenvalue weighted by atomic mass is 16.4. The Hall–Kier alpha value is -1.63. The Morgan fingerprint density at radius 2 is 1.95 bits per heavy atom. The quantitative estimate of drug-likeness (QED) is 0.697. The Morgan fingerprint density at radius 1 is 1.30 bits per heavy atom. The Labute approximate surface area is 118 Å². The van der Waals surface area contributed by atoms with Gasteiger partial charge in [-0.2, -0.15) is 0 Å². The van der Waals surface area contributed by atoms with Crippen molar-refractivity contribution in [3.05, 3.63) is 0 Å². The summed E-state index contributed by atoms with van der Waals surface area (Å²) in [6, 6.07) is -0.533. The van der Waals surface area contributed by atoms with Crippen LogP contribution >= 0.6 is 0 Å². The second-order valence-corrected chi connectivity index (χ2v) is 6.16. The molecule has 0 saturated carbocycles. The third kappa shape index (κ3) is 6.01. The van der Waals surface area contributed by atoms with E-state index in [2.05, 4.69) is 10.6 Å². The van der Waals surface area contributed by atoms with Gasteiger partial charge < -0.3 is 10.4 Å².